The van der Waals surface area contributed by atoms with Crippen LogP contribution in [0.5, 0.6) is 0 Å². The Morgan fingerprint density at radius 2 is 1.62 bits per heavy atom. The molecule has 7 nitrogen and oxygen atoms in total. The van der Waals surface area contributed by atoms with Crippen LogP contribution in [0, 0.1) is 5.82 Å². The molecule has 0 spiro atoms. The third kappa shape index (κ3) is 4.39. The quantitative estimate of drug-likeness (QED) is 0.712. The molecular formula is C19H19FN2O5S2. The molecule has 1 atom stereocenters. The lowest BCUT2D eigenvalue weighted by atomic mass is 10.1. The van der Waals surface area contributed by atoms with Gasteiger partial charge in [-0.1, -0.05) is 0 Å². The van der Waals surface area contributed by atoms with Gasteiger partial charge in [0.25, 0.3) is 5.91 Å². The minimum absolute atomic E-state index is 0.0238. The van der Waals surface area contributed by atoms with Gasteiger partial charge in [0.1, 0.15) is 5.82 Å². The fourth-order valence-electron chi connectivity index (χ4n) is 2.90. The molecule has 1 amide bonds. The van der Waals surface area contributed by atoms with Crippen molar-refractivity contribution in [3.63, 3.8) is 0 Å². The molecule has 1 heterocycles. The van der Waals surface area contributed by atoms with Crippen LogP contribution in [0.15, 0.2) is 64.9 Å². The zero-order chi connectivity index (χ0) is 21.4. The molecule has 0 unspecified atom stereocenters. The van der Waals surface area contributed by atoms with Crippen LogP contribution in [0.3, 0.4) is 0 Å². The predicted molar refractivity (Wildman–Crippen MR) is 107 cm³/mol. The van der Waals surface area contributed by atoms with Crippen LogP contribution in [0.1, 0.15) is 10.4 Å². The summed E-state index contributed by atoms with van der Waals surface area (Å²) in [7, 11) is -4.29. The molecule has 0 saturated heterocycles. The van der Waals surface area contributed by atoms with Crippen LogP contribution in [-0.2, 0) is 19.9 Å². The van der Waals surface area contributed by atoms with E-state index in [0.29, 0.717) is 5.69 Å². The van der Waals surface area contributed by atoms with Crippen LogP contribution in [0.2, 0.25) is 0 Å². The SMILES string of the molecule is CN(C)S(=O)(=O)c1ccc(C(=O)N(c2ccc(F)cc2)[C@@H]2C=CS(=O)(=O)C2)cc1. The molecule has 1 aliphatic heterocycles. The first-order chi connectivity index (χ1) is 13.5. The second kappa shape index (κ2) is 7.69. The number of sulfonamides is 1. The summed E-state index contributed by atoms with van der Waals surface area (Å²) in [6, 6.07) is 9.71. The fourth-order valence-corrected chi connectivity index (χ4v) is 5.07. The maximum absolute atomic E-state index is 13.3. The van der Waals surface area contributed by atoms with Crippen molar-refractivity contribution >= 4 is 31.5 Å². The Hall–Kier alpha value is -2.56. The molecule has 2 aromatic carbocycles. The van der Waals surface area contributed by atoms with Gasteiger partial charge in [0, 0.05) is 30.8 Å². The molecule has 1 aliphatic rings. The summed E-state index contributed by atoms with van der Waals surface area (Å²) in [6.07, 6.45) is 1.40. The van der Waals surface area contributed by atoms with E-state index in [9.17, 15) is 26.0 Å². The maximum Gasteiger partial charge on any atom is 0.258 e. The van der Waals surface area contributed by atoms with Crippen molar-refractivity contribution in [3.05, 3.63) is 71.4 Å². The van der Waals surface area contributed by atoms with Crippen LogP contribution >= 0.6 is 0 Å². The van der Waals surface area contributed by atoms with E-state index in [1.165, 1.54) is 73.6 Å². The highest BCUT2D eigenvalue weighted by atomic mass is 32.2. The third-order valence-corrected chi connectivity index (χ3v) is 7.65. The first-order valence-corrected chi connectivity index (χ1v) is 11.7. The molecule has 0 saturated carbocycles. The van der Waals surface area contributed by atoms with Gasteiger partial charge in [0.05, 0.1) is 16.7 Å². The van der Waals surface area contributed by atoms with Crippen molar-refractivity contribution in [2.75, 3.05) is 24.7 Å². The highest BCUT2D eigenvalue weighted by Crippen LogP contribution is 2.26. The van der Waals surface area contributed by atoms with Crippen molar-refractivity contribution in [1.29, 1.82) is 0 Å². The Morgan fingerprint density at radius 3 is 2.10 bits per heavy atom. The Bertz CT molecular complexity index is 1160. The van der Waals surface area contributed by atoms with Crippen LogP contribution in [0.4, 0.5) is 10.1 Å². The summed E-state index contributed by atoms with van der Waals surface area (Å²) < 4.78 is 62.5. The monoisotopic (exact) mass is 438 g/mol. The van der Waals surface area contributed by atoms with Gasteiger partial charge < -0.3 is 4.90 Å². The minimum atomic E-state index is -3.65. The lowest BCUT2D eigenvalue weighted by molar-refractivity contribution is 0.0983. The summed E-state index contributed by atoms with van der Waals surface area (Å²) in [4.78, 5) is 14.5. The number of nitrogens with zero attached hydrogens (tertiary/aromatic N) is 2. The summed E-state index contributed by atoms with van der Waals surface area (Å²) in [5.74, 6) is -1.31. The predicted octanol–water partition coefficient (Wildman–Crippen LogP) is 2.03. The van der Waals surface area contributed by atoms with E-state index in [0.717, 1.165) is 9.71 Å². The Kier molecular flexibility index (Phi) is 5.61. The van der Waals surface area contributed by atoms with Gasteiger partial charge in [-0.15, -0.1) is 0 Å². The number of anilines is 1. The van der Waals surface area contributed by atoms with Gasteiger partial charge in [-0.2, -0.15) is 0 Å². The molecule has 0 N–H and O–H groups in total. The van der Waals surface area contributed by atoms with Gasteiger partial charge in [-0.05, 0) is 54.6 Å². The van der Waals surface area contributed by atoms with E-state index in [-0.39, 0.29) is 16.2 Å². The molecule has 0 fully saturated rings. The fraction of sp³-hybridized carbons (Fsp3) is 0.211. The summed E-state index contributed by atoms with van der Waals surface area (Å²) in [5.41, 5.74) is 0.498. The van der Waals surface area contributed by atoms with E-state index in [1.54, 1.807) is 0 Å². The van der Waals surface area contributed by atoms with E-state index in [2.05, 4.69) is 0 Å². The van der Waals surface area contributed by atoms with Crippen molar-refractivity contribution in [2.45, 2.75) is 10.9 Å². The largest absolute Gasteiger partial charge is 0.300 e. The average molecular weight is 439 g/mol. The second-order valence-corrected chi connectivity index (χ2v) is 10.8. The molecule has 0 aliphatic carbocycles. The Morgan fingerprint density at radius 1 is 1.03 bits per heavy atom. The number of hydrogen-bond acceptors (Lipinski definition) is 5. The molecule has 0 aromatic heterocycles. The van der Waals surface area contributed by atoms with Crippen LogP contribution in [0.25, 0.3) is 0 Å². The molecule has 0 bridgehead atoms. The number of carbonyl (C=O) groups is 1. The topological polar surface area (TPSA) is 91.8 Å². The first-order valence-electron chi connectivity index (χ1n) is 8.54. The van der Waals surface area contributed by atoms with Gasteiger partial charge >= 0.3 is 0 Å². The highest BCUT2D eigenvalue weighted by molar-refractivity contribution is 7.94. The highest BCUT2D eigenvalue weighted by Gasteiger charge is 2.32. The zero-order valence-corrected chi connectivity index (χ0v) is 17.3. The molecular weight excluding hydrogens is 419 g/mol. The number of amides is 1. The lowest BCUT2D eigenvalue weighted by Crippen LogP contribution is -2.41. The number of rotatable bonds is 5. The molecule has 3 rings (SSSR count). The van der Waals surface area contributed by atoms with Gasteiger partial charge in [0.2, 0.25) is 10.0 Å². The van der Waals surface area contributed by atoms with Crippen molar-refractivity contribution in [3.8, 4) is 0 Å². The third-order valence-electron chi connectivity index (χ3n) is 4.45. The van der Waals surface area contributed by atoms with E-state index in [1.807, 2.05) is 0 Å². The second-order valence-electron chi connectivity index (χ2n) is 6.69. The number of halogens is 1. The van der Waals surface area contributed by atoms with E-state index >= 15 is 0 Å². The summed E-state index contributed by atoms with van der Waals surface area (Å²) >= 11 is 0. The molecule has 0 radical (unpaired) electrons. The Balaban J connectivity index is 1.99. The number of sulfone groups is 1. The van der Waals surface area contributed by atoms with E-state index in [4.69, 9.17) is 0 Å². The standard InChI is InChI=1S/C19H19FN2O5S2/c1-21(2)29(26,27)18-9-3-14(4-10-18)19(23)22(16-7-5-15(20)6-8-16)17-11-12-28(24,25)13-17/h3-12,17H,13H2,1-2H3/t17-/m1/s1. The first kappa shape index (κ1) is 21.2. The van der Waals surface area contributed by atoms with Gasteiger partial charge in [-0.3, -0.25) is 4.79 Å². The van der Waals surface area contributed by atoms with Crippen LogP contribution in [-0.4, -0.2) is 52.9 Å². The molecule has 154 valence electrons. The zero-order valence-electron chi connectivity index (χ0n) is 15.7. The molecule has 29 heavy (non-hydrogen) atoms. The summed E-state index contributed by atoms with van der Waals surface area (Å²) in [6.45, 7) is 0. The Labute approximate surface area is 169 Å². The lowest BCUT2D eigenvalue weighted by Gasteiger charge is -2.28. The minimum Gasteiger partial charge on any atom is -0.300 e. The van der Waals surface area contributed by atoms with Gasteiger partial charge in [0.15, 0.2) is 9.84 Å². The summed E-state index contributed by atoms with van der Waals surface area (Å²) in [5, 5.41) is 1.05. The molecule has 2 aromatic rings. The molecule has 10 heteroatoms. The van der Waals surface area contributed by atoms with Crippen LogP contribution < -0.4 is 4.90 Å². The number of benzene rings is 2. The smallest absolute Gasteiger partial charge is 0.258 e. The van der Waals surface area contributed by atoms with Crippen molar-refractivity contribution < 1.29 is 26.0 Å². The number of hydrogen-bond donors (Lipinski definition) is 0. The normalized spacial score (nSPS) is 18.1. The van der Waals surface area contributed by atoms with Crippen molar-refractivity contribution in [2.24, 2.45) is 0 Å². The van der Waals surface area contributed by atoms with Gasteiger partial charge in [-0.25, -0.2) is 25.5 Å². The maximum atomic E-state index is 13.3. The number of carbonyl (C=O) groups excluding carboxylic acids is 1. The average Bonchev–Trinajstić information content (AvgIpc) is 3.02. The van der Waals surface area contributed by atoms with Crippen molar-refractivity contribution in [1.82, 2.24) is 4.31 Å². The van der Waals surface area contributed by atoms with E-state index < -0.39 is 37.6 Å².